The highest BCUT2D eigenvalue weighted by Gasteiger charge is 2.08. The van der Waals surface area contributed by atoms with Crippen LogP contribution in [0.3, 0.4) is 0 Å². The first kappa shape index (κ1) is 10.7. The molecule has 14 heavy (non-hydrogen) atoms. The van der Waals surface area contributed by atoms with Gasteiger partial charge in [0.15, 0.2) is 0 Å². The van der Waals surface area contributed by atoms with Gasteiger partial charge in [-0.2, -0.15) is 0 Å². The van der Waals surface area contributed by atoms with E-state index in [0.29, 0.717) is 0 Å². The van der Waals surface area contributed by atoms with Gasteiger partial charge in [-0.25, -0.2) is 4.39 Å². The molecule has 0 aromatic heterocycles. The Bertz CT molecular complexity index is 308. The predicted octanol–water partition coefficient (Wildman–Crippen LogP) is 1.22. The molecular formula is C10H12FNO2. The molecule has 0 fully saturated rings. The van der Waals surface area contributed by atoms with Gasteiger partial charge in [-0.1, -0.05) is 12.1 Å². The van der Waals surface area contributed by atoms with Gasteiger partial charge in [0.05, 0.1) is 0 Å². The van der Waals surface area contributed by atoms with E-state index < -0.39 is 12.0 Å². The minimum atomic E-state index is -0.629. The lowest BCUT2D eigenvalue weighted by atomic mass is 10.2. The molecule has 0 heterocycles. The van der Waals surface area contributed by atoms with Crippen molar-refractivity contribution in [1.82, 2.24) is 0 Å². The van der Waals surface area contributed by atoms with Crippen LogP contribution in [0.25, 0.3) is 0 Å². The molecule has 0 spiro atoms. The third-order valence-corrected chi connectivity index (χ3v) is 1.67. The first-order valence-corrected chi connectivity index (χ1v) is 4.26. The summed E-state index contributed by atoms with van der Waals surface area (Å²) >= 11 is 0. The van der Waals surface area contributed by atoms with Crippen LogP contribution < -0.4 is 5.73 Å². The summed E-state index contributed by atoms with van der Waals surface area (Å²) in [6, 6.07) is 5.12. The Labute approximate surface area is 81.7 Å². The van der Waals surface area contributed by atoms with Crippen LogP contribution in [-0.2, 0) is 16.1 Å². The number of halogens is 1. The second-order valence-corrected chi connectivity index (χ2v) is 3.02. The molecule has 0 aliphatic carbocycles. The van der Waals surface area contributed by atoms with E-state index in [1.807, 2.05) is 0 Å². The van der Waals surface area contributed by atoms with E-state index in [2.05, 4.69) is 0 Å². The van der Waals surface area contributed by atoms with Crippen LogP contribution in [0.5, 0.6) is 0 Å². The molecule has 0 saturated heterocycles. The summed E-state index contributed by atoms with van der Waals surface area (Å²) in [5.74, 6) is -0.776. The summed E-state index contributed by atoms with van der Waals surface area (Å²) in [5, 5.41) is 0. The zero-order valence-corrected chi connectivity index (χ0v) is 7.87. The Morgan fingerprint density at radius 3 is 2.57 bits per heavy atom. The number of benzene rings is 1. The lowest BCUT2D eigenvalue weighted by Crippen LogP contribution is -2.28. The number of carbonyl (C=O) groups is 1. The first-order chi connectivity index (χ1) is 6.59. The number of carbonyl (C=O) groups excluding carboxylic acids is 1. The summed E-state index contributed by atoms with van der Waals surface area (Å²) in [7, 11) is 0. The van der Waals surface area contributed by atoms with Gasteiger partial charge in [0.25, 0.3) is 0 Å². The Hall–Kier alpha value is -1.42. The van der Waals surface area contributed by atoms with Crippen molar-refractivity contribution < 1.29 is 13.9 Å². The lowest BCUT2D eigenvalue weighted by molar-refractivity contribution is -0.146. The molecular weight excluding hydrogens is 185 g/mol. The van der Waals surface area contributed by atoms with Gasteiger partial charge in [0.2, 0.25) is 0 Å². The number of ether oxygens (including phenoxy) is 1. The summed E-state index contributed by atoms with van der Waals surface area (Å²) in [6.45, 7) is 1.67. The molecule has 1 aromatic rings. The molecule has 76 valence electrons. The largest absolute Gasteiger partial charge is 0.460 e. The predicted molar refractivity (Wildman–Crippen MR) is 49.8 cm³/mol. The normalized spacial score (nSPS) is 12.2. The summed E-state index contributed by atoms with van der Waals surface area (Å²) in [6.07, 6.45) is 0. The van der Waals surface area contributed by atoms with Crippen molar-refractivity contribution >= 4 is 5.97 Å². The van der Waals surface area contributed by atoms with Crippen LogP contribution in [0.15, 0.2) is 24.3 Å². The second-order valence-electron chi connectivity index (χ2n) is 3.02. The third kappa shape index (κ3) is 3.14. The molecule has 0 aliphatic rings. The van der Waals surface area contributed by atoms with Crippen LogP contribution in [0, 0.1) is 5.82 Å². The first-order valence-electron chi connectivity index (χ1n) is 4.26. The van der Waals surface area contributed by atoms with Gasteiger partial charge in [-0.15, -0.1) is 0 Å². The maximum absolute atomic E-state index is 12.5. The zero-order valence-electron chi connectivity index (χ0n) is 7.87. The summed E-state index contributed by atoms with van der Waals surface area (Å²) in [5.41, 5.74) is 6.03. The number of hydrogen-bond acceptors (Lipinski definition) is 3. The molecule has 1 rings (SSSR count). The highest BCUT2D eigenvalue weighted by atomic mass is 19.1. The van der Waals surface area contributed by atoms with Crippen LogP contribution in [0.4, 0.5) is 4.39 Å². The van der Waals surface area contributed by atoms with E-state index >= 15 is 0 Å². The van der Waals surface area contributed by atoms with Crippen molar-refractivity contribution in [2.45, 2.75) is 19.6 Å². The molecule has 1 atom stereocenters. The fourth-order valence-electron chi connectivity index (χ4n) is 0.867. The second kappa shape index (κ2) is 4.72. The van der Waals surface area contributed by atoms with Crippen molar-refractivity contribution in [2.24, 2.45) is 5.73 Å². The molecule has 2 N–H and O–H groups in total. The average molecular weight is 197 g/mol. The van der Waals surface area contributed by atoms with Crippen molar-refractivity contribution in [3.63, 3.8) is 0 Å². The Balaban J connectivity index is 2.46. The molecule has 3 nitrogen and oxygen atoms in total. The van der Waals surface area contributed by atoms with E-state index in [1.54, 1.807) is 19.1 Å². The highest BCUT2D eigenvalue weighted by molar-refractivity contribution is 5.74. The molecule has 0 radical (unpaired) electrons. The Morgan fingerprint density at radius 2 is 2.07 bits per heavy atom. The van der Waals surface area contributed by atoms with Crippen LogP contribution >= 0.6 is 0 Å². The van der Waals surface area contributed by atoms with Gasteiger partial charge < -0.3 is 10.5 Å². The lowest BCUT2D eigenvalue weighted by Gasteiger charge is -2.06. The number of rotatable bonds is 3. The maximum Gasteiger partial charge on any atom is 0.322 e. The average Bonchev–Trinajstić information content (AvgIpc) is 2.16. The van der Waals surface area contributed by atoms with Crippen molar-refractivity contribution in [1.29, 1.82) is 0 Å². The minimum absolute atomic E-state index is 0.126. The Morgan fingerprint density at radius 1 is 1.50 bits per heavy atom. The fraction of sp³-hybridized carbons (Fsp3) is 0.300. The zero-order chi connectivity index (χ0) is 10.6. The molecule has 1 aromatic carbocycles. The number of hydrogen-bond donors (Lipinski definition) is 1. The van der Waals surface area contributed by atoms with Gasteiger partial charge in [0, 0.05) is 0 Å². The van der Waals surface area contributed by atoms with Gasteiger partial charge in [-0.3, -0.25) is 4.79 Å². The maximum atomic E-state index is 12.5. The van der Waals surface area contributed by atoms with Crippen LogP contribution in [0.2, 0.25) is 0 Å². The molecule has 0 saturated carbocycles. The number of nitrogens with two attached hydrogens (primary N) is 1. The van der Waals surface area contributed by atoms with Gasteiger partial charge >= 0.3 is 5.97 Å². The molecule has 0 bridgehead atoms. The minimum Gasteiger partial charge on any atom is -0.460 e. The van der Waals surface area contributed by atoms with E-state index in [0.717, 1.165) is 5.56 Å². The number of esters is 1. The monoisotopic (exact) mass is 197 g/mol. The summed E-state index contributed by atoms with van der Waals surface area (Å²) < 4.78 is 17.3. The van der Waals surface area contributed by atoms with Crippen molar-refractivity contribution in [3.05, 3.63) is 35.6 Å². The van der Waals surface area contributed by atoms with Crippen LogP contribution in [0.1, 0.15) is 12.5 Å². The van der Waals surface area contributed by atoms with Gasteiger partial charge in [0.1, 0.15) is 18.5 Å². The standard InChI is InChI=1S/C10H12FNO2/c1-7(12)10(13)14-6-8-2-4-9(11)5-3-8/h2-5,7H,6,12H2,1H3. The highest BCUT2D eigenvalue weighted by Crippen LogP contribution is 2.04. The van der Waals surface area contributed by atoms with E-state index in [1.165, 1.54) is 12.1 Å². The van der Waals surface area contributed by atoms with E-state index in [9.17, 15) is 9.18 Å². The summed E-state index contributed by atoms with van der Waals surface area (Å²) in [4.78, 5) is 11.0. The Kier molecular flexibility index (Phi) is 3.59. The smallest absolute Gasteiger partial charge is 0.322 e. The molecule has 0 amide bonds. The van der Waals surface area contributed by atoms with E-state index in [4.69, 9.17) is 10.5 Å². The SMILES string of the molecule is CC(N)C(=O)OCc1ccc(F)cc1. The topological polar surface area (TPSA) is 52.3 Å². The third-order valence-electron chi connectivity index (χ3n) is 1.67. The van der Waals surface area contributed by atoms with Crippen molar-refractivity contribution in [2.75, 3.05) is 0 Å². The van der Waals surface area contributed by atoms with Gasteiger partial charge in [-0.05, 0) is 24.6 Å². The van der Waals surface area contributed by atoms with E-state index in [-0.39, 0.29) is 12.4 Å². The fourth-order valence-corrected chi connectivity index (χ4v) is 0.867. The quantitative estimate of drug-likeness (QED) is 0.741. The van der Waals surface area contributed by atoms with Crippen molar-refractivity contribution in [3.8, 4) is 0 Å². The van der Waals surface area contributed by atoms with Crippen LogP contribution in [-0.4, -0.2) is 12.0 Å². The molecule has 4 heteroatoms. The molecule has 1 unspecified atom stereocenters. The molecule has 0 aliphatic heterocycles.